The standard InChI is InChI=1S/C20H21NO4S/c1-14-8-10-15(11-9-14)18(22)12-26(24,25)13-20(2)16-6-4-5-7-17(16)21(3)19(20)23/h4-11H,12-13H2,1-3H3. The largest absolute Gasteiger partial charge is 0.314 e. The Kier molecular flexibility index (Phi) is 4.48. The van der Waals surface area contributed by atoms with Crippen molar-refractivity contribution in [2.45, 2.75) is 19.3 Å². The number of hydrogen-bond acceptors (Lipinski definition) is 4. The van der Waals surface area contributed by atoms with E-state index < -0.39 is 32.5 Å². The van der Waals surface area contributed by atoms with E-state index in [0.717, 1.165) is 5.56 Å². The van der Waals surface area contributed by atoms with Crippen molar-refractivity contribution in [3.05, 3.63) is 65.2 Å². The van der Waals surface area contributed by atoms with Crippen molar-refractivity contribution in [2.75, 3.05) is 23.5 Å². The number of sulfone groups is 1. The van der Waals surface area contributed by atoms with E-state index in [9.17, 15) is 18.0 Å². The Morgan fingerprint density at radius 1 is 1.08 bits per heavy atom. The van der Waals surface area contributed by atoms with E-state index in [1.165, 1.54) is 4.90 Å². The minimum atomic E-state index is -3.78. The van der Waals surface area contributed by atoms with Crippen LogP contribution in [0.4, 0.5) is 5.69 Å². The van der Waals surface area contributed by atoms with Crippen LogP contribution in [-0.4, -0.2) is 38.7 Å². The van der Waals surface area contributed by atoms with Crippen LogP contribution < -0.4 is 4.90 Å². The Labute approximate surface area is 153 Å². The fraction of sp³-hybridized carbons (Fsp3) is 0.300. The first kappa shape index (κ1) is 18.3. The maximum Gasteiger partial charge on any atom is 0.238 e. The Balaban J connectivity index is 1.86. The number of benzene rings is 2. The summed E-state index contributed by atoms with van der Waals surface area (Å²) >= 11 is 0. The van der Waals surface area contributed by atoms with Crippen molar-refractivity contribution in [3.8, 4) is 0 Å². The molecule has 3 rings (SSSR count). The number of amides is 1. The Morgan fingerprint density at radius 3 is 2.35 bits per heavy atom. The van der Waals surface area contributed by atoms with E-state index in [2.05, 4.69) is 0 Å². The number of carbonyl (C=O) groups excluding carboxylic acids is 2. The Hall–Kier alpha value is -2.47. The van der Waals surface area contributed by atoms with Crippen LogP contribution in [0.3, 0.4) is 0 Å². The van der Waals surface area contributed by atoms with Crippen molar-refractivity contribution in [1.29, 1.82) is 0 Å². The van der Waals surface area contributed by atoms with Crippen molar-refractivity contribution in [2.24, 2.45) is 0 Å². The number of likely N-dealkylation sites (N-methyl/N-ethyl adjacent to an activating group) is 1. The maximum atomic E-state index is 12.7. The molecule has 1 amide bonds. The molecule has 0 fully saturated rings. The molecule has 26 heavy (non-hydrogen) atoms. The van der Waals surface area contributed by atoms with Gasteiger partial charge in [-0.3, -0.25) is 9.59 Å². The zero-order chi connectivity index (χ0) is 19.1. The zero-order valence-electron chi connectivity index (χ0n) is 15.0. The summed E-state index contributed by atoms with van der Waals surface area (Å²) in [6.45, 7) is 3.52. The average molecular weight is 371 g/mol. The highest BCUT2D eigenvalue weighted by molar-refractivity contribution is 7.92. The van der Waals surface area contributed by atoms with Gasteiger partial charge in [-0.25, -0.2) is 8.42 Å². The van der Waals surface area contributed by atoms with Gasteiger partial charge in [-0.15, -0.1) is 0 Å². The third-order valence-corrected chi connectivity index (χ3v) is 6.59. The molecular weight excluding hydrogens is 350 g/mol. The summed E-state index contributed by atoms with van der Waals surface area (Å²) in [4.78, 5) is 26.6. The number of hydrogen-bond donors (Lipinski definition) is 0. The molecular formula is C20H21NO4S. The minimum Gasteiger partial charge on any atom is -0.314 e. The summed E-state index contributed by atoms with van der Waals surface area (Å²) in [5, 5.41) is 0. The number of Topliss-reactive ketones (excluding diaryl/α,β-unsaturated/α-hetero) is 1. The first-order chi connectivity index (χ1) is 12.1. The van der Waals surface area contributed by atoms with Crippen LogP contribution >= 0.6 is 0 Å². The highest BCUT2D eigenvalue weighted by Crippen LogP contribution is 2.41. The summed E-state index contributed by atoms with van der Waals surface area (Å²) in [5.41, 5.74) is 1.56. The molecule has 1 atom stereocenters. The fourth-order valence-corrected chi connectivity index (χ4v) is 5.31. The van der Waals surface area contributed by atoms with Crippen molar-refractivity contribution >= 4 is 27.2 Å². The molecule has 0 saturated heterocycles. The molecule has 2 aromatic rings. The van der Waals surface area contributed by atoms with E-state index in [4.69, 9.17) is 0 Å². The number of ketones is 1. The molecule has 0 radical (unpaired) electrons. The predicted molar refractivity (Wildman–Crippen MR) is 101 cm³/mol. The summed E-state index contributed by atoms with van der Waals surface area (Å²) < 4.78 is 25.4. The lowest BCUT2D eigenvalue weighted by molar-refractivity contribution is -0.121. The Morgan fingerprint density at radius 2 is 1.69 bits per heavy atom. The SMILES string of the molecule is Cc1ccc(C(=O)CS(=O)(=O)CC2(C)C(=O)N(C)c3ccccc32)cc1. The van der Waals surface area contributed by atoms with Gasteiger partial charge in [0.05, 0.1) is 11.2 Å². The summed E-state index contributed by atoms with van der Waals surface area (Å²) in [6, 6.07) is 13.9. The molecule has 1 aliphatic rings. The molecule has 1 heterocycles. The van der Waals surface area contributed by atoms with Crippen molar-refractivity contribution in [1.82, 2.24) is 0 Å². The highest BCUT2D eigenvalue weighted by atomic mass is 32.2. The monoisotopic (exact) mass is 371 g/mol. The van der Waals surface area contributed by atoms with Gasteiger partial charge in [-0.2, -0.15) is 0 Å². The third kappa shape index (κ3) is 3.17. The van der Waals surface area contributed by atoms with Crippen LogP contribution in [0.25, 0.3) is 0 Å². The number of nitrogens with zero attached hydrogens (tertiary/aromatic N) is 1. The lowest BCUT2D eigenvalue weighted by atomic mass is 9.86. The predicted octanol–water partition coefficient (Wildman–Crippen LogP) is 2.53. The molecule has 5 nitrogen and oxygen atoms in total. The second-order valence-corrected chi connectivity index (χ2v) is 9.10. The van der Waals surface area contributed by atoms with Gasteiger partial charge < -0.3 is 4.90 Å². The summed E-state index contributed by atoms with van der Waals surface area (Å²) in [5.74, 6) is -1.73. The molecule has 0 aromatic heterocycles. The van der Waals surface area contributed by atoms with E-state index in [-0.39, 0.29) is 5.91 Å². The van der Waals surface area contributed by atoms with Crippen LogP contribution in [0.2, 0.25) is 0 Å². The van der Waals surface area contributed by atoms with Gasteiger partial charge in [0.15, 0.2) is 15.6 Å². The van der Waals surface area contributed by atoms with Crippen LogP contribution in [0.5, 0.6) is 0 Å². The molecule has 6 heteroatoms. The maximum absolute atomic E-state index is 12.7. The quantitative estimate of drug-likeness (QED) is 0.757. The number of carbonyl (C=O) groups is 2. The molecule has 1 unspecified atom stereocenters. The smallest absolute Gasteiger partial charge is 0.238 e. The van der Waals surface area contributed by atoms with Gasteiger partial charge in [0.2, 0.25) is 5.91 Å². The molecule has 0 N–H and O–H groups in total. The van der Waals surface area contributed by atoms with Crippen LogP contribution in [-0.2, 0) is 20.0 Å². The Bertz CT molecular complexity index is 979. The first-order valence-corrected chi connectivity index (χ1v) is 10.1. The van der Waals surface area contributed by atoms with Gasteiger partial charge >= 0.3 is 0 Å². The molecule has 136 valence electrons. The topological polar surface area (TPSA) is 71.5 Å². The second kappa shape index (κ2) is 6.36. The first-order valence-electron chi connectivity index (χ1n) is 8.32. The highest BCUT2D eigenvalue weighted by Gasteiger charge is 2.48. The lowest BCUT2D eigenvalue weighted by Crippen LogP contribution is -2.42. The summed E-state index contributed by atoms with van der Waals surface area (Å²) in [6.07, 6.45) is 0. The van der Waals surface area contributed by atoms with Gasteiger partial charge in [-0.05, 0) is 25.5 Å². The summed E-state index contributed by atoms with van der Waals surface area (Å²) in [7, 11) is -2.14. The van der Waals surface area contributed by atoms with Crippen LogP contribution in [0, 0.1) is 6.92 Å². The van der Waals surface area contributed by atoms with Gasteiger partial charge in [0.1, 0.15) is 5.75 Å². The number of para-hydroxylation sites is 1. The number of fused-ring (bicyclic) bond motifs is 1. The minimum absolute atomic E-state index is 0.273. The van der Waals surface area contributed by atoms with E-state index in [1.807, 2.05) is 13.0 Å². The zero-order valence-corrected chi connectivity index (χ0v) is 15.8. The molecule has 2 aromatic carbocycles. The van der Waals surface area contributed by atoms with Crippen molar-refractivity contribution in [3.63, 3.8) is 0 Å². The van der Waals surface area contributed by atoms with Crippen molar-refractivity contribution < 1.29 is 18.0 Å². The van der Waals surface area contributed by atoms with Crippen LogP contribution in [0.15, 0.2) is 48.5 Å². The number of aryl methyl sites for hydroxylation is 1. The fourth-order valence-electron chi connectivity index (χ4n) is 3.48. The molecule has 0 saturated carbocycles. The molecule has 0 bridgehead atoms. The lowest BCUT2D eigenvalue weighted by Gasteiger charge is -2.23. The average Bonchev–Trinajstić information content (AvgIpc) is 2.76. The molecule has 1 aliphatic heterocycles. The molecule has 0 aliphatic carbocycles. The molecule has 0 spiro atoms. The third-order valence-electron chi connectivity index (χ3n) is 4.87. The number of rotatable bonds is 5. The number of anilines is 1. The van der Waals surface area contributed by atoms with E-state index in [0.29, 0.717) is 16.8 Å². The van der Waals surface area contributed by atoms with E-state index >= 15 is 0 Å². The van der Waals surface area contributed by atoms with E-state index in [1.54, 1.807) is 56.4 Å². The van der Waals surface area contributed by atoms with Gasteiger partial charge in [-0.1, -0.05) is 48.0 Å². The second-order valence-electron chi connectivity index (χ2n) is 7.03. The van der Waals surface area contributed by atoms with Crippen LogP contribution in [0.1, 0.15) is 28.4 Å². The van der Waals surface area contributed by atoms with Gasteiger partial charge in [0.25, 0.3) is 0 Å². The van der Waals surface area contributed by atoms with Gasteiger partial charge in [0, 0.05) is 18.3 Å². The normalized spacial score (nSPS) is 19.5.